The minimum absolute atomic E-state index is 0. The zero-order chi connectivity index (χ0) is 2.71. The number of hydrogen-bond acceptors (Lipinski definition) is 1. The molecule has 0 aliphatic carbocycles. The van der Waals surface area contributed by atoms with Crippen LogP contribution >= 0.6 is 24.0 Å². The van der Waals surface area contributed by atoms with Gasteiger partial charge in [0.25, 0.3) is 0 Å². The number of rotatable bonds is 0. The topological polar surface area (TPSA) is 49.9 Å². The van der Waals surface area contributed by atoms with Crippen LogP contribution in [0.3, 0.4) is 0 Å². The molecule has 0 spiro atoms. The van der Waals surface area contributed by atoms with Gasteiger partial charge in [0.15, 0.2) is 0 Å². The Balaban J connectivity index is -0.0000000200. The van der Waals surface area contributed by atoms with Gasteiger partial charge in [-0.15, -0.1) is 24.0 Å². The number of halogens is 1. The first-order valence-electron chi connectivity index (χ1n) is 0.622. The van der Waals surface area contributed by atoms with E-state index in [1.807, 2.05) is 0 Å². The van der Waals surface area contributed by atoms with E-state index in [1.165, 1.54) is 0 Å². The molecule has 2 nitrogen and oxygen atoms in total. The van der Waals surface area contributed by atoms with Crippen LogP contribution in [0.25, 0.3) is 0 Å². The van der Waals surface area contributed by atoms with E-state index in [2.05, 4.69) is 5.73 Å². The smallest absolute Gasteiger partial charge is 0.0765 e. The van der Waals surface area contributed by atoms with Crippen LogP contribution in [0.15, 0.2) is 0 Å². The van der Waals surface area contributed by atoms with E-state index >= 15 is 0 Å². The predicted octanol–water partition coefficient (Wildman–Crippen LogP) is -0.211. The third-order valence-electron chi connectivity index (χ3n) is 0. The van der Waals surface area contributed by atoms with Gasteiger partial charge in [0, 0.05) is 17.6 Å². The van der Waals surface area contributed by atoms with E-state index in [0.29, 0.717) is 0 Å². The van der Waals surface area contributed by atoms with E-state index in [-0.39, 0.29) is 41.6 Å². The minimum atomic E-state index is 0. The van der Waals surface area contributed by atoms with Gasteiger partial charge in [-0.2, -0.15) is 0 Å². The summed E-state index contributed by atoms with van der Waals surface area (Å²) in [7, 11) is 0. The molecule has 0 fully saturated rings. The second-order valence-corrected chi connectivity index (χ2v) is 0.167. The Kier molecular flexibility index (Phi) is 75.1. The normalized spacial score (nSPS) is 2.40. The second kappa shape index (κ2) is 21.9. The van der Waals surface area contributed by atoms with E-state index in [4.69, 9.17) is 5.41 Å². The third kappa shape index (κ3) is 64.7. The molecule has 0 aromatic heterocycles. The molecule has 0 rings (SSSR count). The van der Waals surface area contributed by atoms with Crippen molar-refractivity contribution in [1.29, 1.82) is 5.41 Å². The zero-order valence-corrected chi connectivity index (χ0v) is 6.99. The van der Waals surface area contributed by atoms with Crippen molar-refractivity contribution in [1.82, 2.24) is 0 Å². The molecule has 30 valence electrons. The molecule has 0 aromatic carbocycles. The van der Waals surface area contributed by atoms with E-state index in [1.54, 1.807) is 0 Å². The van der Waals surface area contributed by atoms with Crippen molar-refractivity contribution in [2.24, 2.45) is 5.73 Å². The van der Waals surface area contributed by atoms with Gasteiger partial charge in [0.2, 0.25) is 0 Å². The summed E-state index contributed by atoms with van der Waals surface area (Å²) in [5.74, 6) is 0. The molecule has 0 saturated carbocycles. The quantitative estimate of drug-likeness (QED) is 0.263. The summed E-state index contributed by atoms with van der Waals surface area (Å²) in [4.78, 5) is 0. The molecule has 0 heterocycles. The Morgan fingerprint density at radius 2 is 1.60 bits per heavy atom. The van der Waals surface area contributed by atoms with Gasteiger partial charge in [0.05, 0.1) is 6.34 Å². The first-order valence-corrected chi connectivity index (χ1v) is 0.622. The van der Waals surface area contributed by atoms with Crippen molar-refractivity contribution >= 4 is 47.9 Å². The Bertz CT molecular complexity index is 17.1. The van der Waals surface area contributed by atoms with E-state index < -0.39 is 0 Å². The van der Waals surface area contributed by atoms with Gasteiger partial charge in [-0.1, -0.05) is 0 Å². The summed E-state index contributed by atoms with van der Waals surface area (Å²) >= 11 is 0. The van der Waals surface area contributed by atoms with Crippen LogP contribution in [0.4, 0.5) is 0 Å². The summed E-state index contributed by atoms with van der Waals surface area (Å²) in [6, 6.07) is 0. The standard InChI is InChI=1S/CH4N2.Ge.HI/c2-1-3;;/h1H,(H3,2,3);;1H. The maximum atomic E-state index is 5.86. The van der Waals surface area contributed by atoms with Crippen molar-refractivity contribution in [2.75, 3.05) is 0 Å². The summed E-state index contributed by atoms with van der Waals surface area (Å²) < 4.78 is 0. The SMILES string of the molecule is I.N=CN.[Ge]. The molecule has 0 aliphatic heterocycles. The van der Waals surface area contributed by atoms with Crippen LogP contribution in [0.2, 0.25) is 0 Å². The van der Waals surface area contributed by atoms with Crippen molar-refractivity contribution < 1.29 is 0 Å². The number of nitrogens with two attached hydrogens (primary N) is 1. The van der Waals surface area contributed by atoms with Gasteiger partial charge in [0.1, 0.15) is 0 Å². The van der Waals surface area contributed by atoms with Crippen molar-refractivity contribution in [3.05, 3.63) is 0 Å². The predicted molar refractivity (Wildman–Crippen MR) is 34.1 cm³/mol. The average molecular weight is 245 g/mol. The van der Waals surface area contributed by atoms with Crippen molar-refractivity contribution in [3.63, 3.8) is 0 Å². The van der Waals surface area contributed by atoms with Crippen LogP contribution in [-0.2, 0) is 0 Å². The van der Waals surface area contributed by atoms with Gasteiger partial charge in [-0.25, -0.2) is 0 Å². The number of hydrogen-bond donors (Lipinski definition) is 2. The van der Waals surface area contributed by atoms with Crippen LogP contribution in [0.5, 0.6) is 0 Å². The molecule has 0 unspecified atom stereocenters. The number of nitrogens with one attached hydrogen (secondary N) is 1. The molecular weight excluding hydrogens is 240 g/mol. The monoisotopic (exact) mass is 246 g/mol. The molecule has 0 atom stereocenters. The molecule has 0 saturated heterocycles. The van der Waals surface area contributed by atoms with Gasteiger partial charge >= 0.3 is 0 Å². The van der Waals surface area contributed by atoms with Crippen molar-refractivity contribution in [3.8, 4) is 0 Å². The first kappa shape index (κ1) is 17.2. The average Bonchev–Trinajstić information content (AvgIpc) is 0.918. The van der Waals surface area contributed by atoms with Crippen LogP contribution in [0, 0.1) is 5.41 Å². The van der Waals surface area contributed by atoms with E-state index in [9.17, 15) is 0 Å². The van der Waals surface area contributed by atoms with Gasteiger partial charge in [-0.05, 0) is 0 Å². The molecule has 0 bridgehead atoms. The van der Waals surface area contributed by atoms with Gasteiger partial charge < -0.3 is 5.73 Å². The molecule has 0 amide bonds. The Morgan fingerprint density at radius 1 is 1.60 bits per heavy atom. The van der Waals surface area contributed by atoms with Gasteiger partial charge in [-0.3, -0.25) is 5.41 Å². The summed E-state index contributed by atoms with van der Waals surface area (Å²) in [6.45, 7) is 0. The third-order valence-corrected chi connectivity index (χ3v) is 0. The minimum Gasteiger partial charge on any atom is -0.390 e. The Labute approximate surface area is 59.0 Å². The molecule has 4 heteroatoms. The summed E-state index contributed by atoms with van der Waals surface area (Å²) in [6.07, 6.45) is 0.750. The second-order valence-electron chi connectivity index (χ2n) is 0.167. The largest absolute Gasteiger partial charge is 0.390 e. The fourth-order valence-corrected chi connectivity index (χ4v) is 0. The molecule has 0 aromatic rings. The first-order chi connectivity index (χ1) is 1.41. The zero-order valence-electron chi connectivity index (χ0n) is 2.56. The maximum absolute atomic E-state index is 5.86. The van der Waals surface area contributed by atoms with Crippen LogP contribution in [-0.4, -0.2) is 23.9 Å². The Hall–Kier alpha value is 0.743. The summed E-state index contributed by atoms with van der Waals surface area (Å²) in [5, 5.41) is 5.86. The van der Waals surface area contributed by atoms with Crippen LogP contribution < -0.4 is 5.73 Å². The van der Waals surface area contributed by atoms with Crippen LogP contribution in [0.1, 0.15) is 0 Å². The van der Waals surface area contributed by atoms with E-state index in [0.717, 1.165) is 6.34 Å². The maximum Gasteiger partial charge on any atom is 0.0765 e. The van der Waals surface area contributed by atoms with Crippen molar-refractivity contribution in [2.45, 2.75) is 0 Å². The molecule has 3 N–H and O–H groups in total. The molecule has 5 heavy (non-hydrogen) atoms. The fourth-order valence-electron chi connectivity index (χ4n) is 0. The molecule has 4 radical (unpaired) electrons. The molecular formula is CH5GeIN2. The Morgan fingerprint density at radius 3 is 1.60 bits per heavy atom. The fraction of sp³-hybridized carbons (Fsp3) is 0. The summed E-state index contributed by atoms with van der Waals surface area (Å²) in [5.41, 5.74) is 4.39. The molecule has 0 aliphatic rings.